The molecule has 34 heavy (non-hydrogen) atoms. The summed E-state index contributed by atoms with van der Waals surface area (Å²) in [6.07, 6.45) is 1.06. The third-order valence-corrected chi connectivity index (χ3v) is 6.70. The first-order valence-corrected chi connectivity index (χ1v) is 11.5. The summed E-state index contributed by atoms with van der Waals surface area (Å²) >= 11 is 6.18. The molecule has 0 saturated carbocycles. The summed E-state index contributed by atoms with van der Waals surface area (Å²) in [5.74, 6) is -1.13. The van der Waals surface area contributed by atoms with Crippen LogP contribution in [0.15, 0.2) is 78.9 Å². The first-order valence-electron chi connectivity index (χ1n) is 11.1. The van der Waals surface area contributed by atoms with E-state index < -0.39 is 5.91 Å². The Morgan fingerprint density at radius 3 is 2.50 bits per heavy atom. The number of nitrogens with two attached hydrogens (primary N) is 1. The quantitative estimate of drug-likeness (QED) is 0.383. The molecule has 1 atom stereocenters. The summed E-state index contributed by atoms with van der Waals surface area (Å²) in [5.41, 5.74) is 8.40. The normalized spacial score (nSPS) is 14.7. The molecule has 0 fully saturated rings. The van der Waals surface area contributed by atoms with E-state index >= 15 is 0 Å². The first kappa shape index (κ1) is 22.1. The molecule has 0 unspecified atom stereocenters. The monoisotopic (exact) mass is 472 g/mol. The molecule has 4 aromatic carbocycles. The van der Waals surface area contributed by atoms with Crippen LogP contribution in [-0.2, 0) is 13.0 Å². The lowest BCUT2D eigenvalue weighted by molar-refractivity contribution is 0.0656. The van der Waals surface area contributed by atoms with Gasteiger partial charge in [0.25, 0.3) is 5.91 Å². The van der Waals surface area contributed by atoms with Crippen LogP contribution in [0.1, 0.15) is 49.9 Å². The number of halogens is 2. The van der Waals surface area contributed by atoms with Crippen LogP contribution in [0.3, 0.4) is 0 Å². The number of fused-ring (bicyclic) bond motifs is 2. The number of carbonyl (C=O) groups is 2. The summed E-state index contributed by atoms with van der Waals surface area (Å²) in [6, 6.07) is 23.0. The molecule has 0 radical (unpaired) electrons. The minimum Gasteiger partial charge on any atom is -0.366 e. The molecule has 0 aliphatic heterocycles. The topological polar surface area (TPSA) is 63.4 Å². The Kier molecular flexibility index (Phi) is 5.80. The van der Waals surface area contributed by atoms with Crippen molar-refractivity contribution in [3.63, 3.8) is 0 Å². The third kappa shape index (κ3) is 4.03. The molecule has 1 aliphatic rings. The average molecular weight is 473 g/mol. The third-order valence-electron chi connectivity index (χ3n) is 6.48. The predicted molar refractivity (Wildman–Crippen MR) is 131 cm³/mol. The Labute approximate surface area is 201 Å². The highest BCUT2D eigenvalue weighted by atomic mass is 35.5. The average Bonchev–Trinajstić information content (AvgIpc) is 3.25. The van der Waals surface area contributed by atoms with E-state index in [4.69, 9.17) is 17.3 Å². The molecular formula is C28H22ClFN2O2. The Morgan fingerprint density at radius 2 is 1.71 bits per heavy atom. The van der Waals surface area contributed by atoms with Crippen molar-refractivity contribution in [2.45, 2.75) is 25.4 Å². The lowest BCUT2D eigenvalue weighted by atomic mass is 10.0. The fourth-order valence-corrected chi connectivity index (χ4v) is 5.05. The maximum absolute atomic E-state index is 14.6. The summed E-state index contributed by atoms with van der Waals surface area (Å²) in [5, 5.41) is 2.27. The minimum atomic E-state index is -0.561. The second-order valence-corrected chi connectivity index (χ2v) is 8.96. The van der Waals surface area contributed by atoms with Gasteiger partial charge in [0, 0.05) is 22.7 Å². The molecular weight excluding hydrogens is 451 g/mol. The minimum absolute atomic E-state index is 0.156. The highest BCUT2D eigenvalue weighted by molar-refractivity contribution is 6.30. The van der Waals surface area contributed by atoms with Gasteiger partial charge in [-0.25, -0.2) is 4.39 Å². The van der Waals surface area contributed by atoms with E-state index in [-0.39, 0.29) is 24.3 Å². The molecule has 6 heteroatoms. The Hall–Kier alpha value is -3.70. The van der Waals surface area contributed by atoms with Gasteiger partial charge in [0.2, 0.25) is 5.91 Å². The second kappa shape index (κ2) is 8.92. The van der Waals surface area contributed by atoms with Crippen molar-refractivity contribution in [1.29, 1.82) is 0 Å². The van der Waals surface area contributed by atoms with Gasteiger partial charge < -0.3 is 10.6 Å². The van der Waals surface area contributed by atoms with Crippen LogP contribution in [0.2, 0.25) is 5.02 Å². The SMILES string of the molecule is NC(=O)c1ccccc1CN(C(=O)c1ccc2ccccc2c1)[C@@H]1CCc2c(F)cc(Cl)cc21. The van der Waals surface area contributed by atoms with Crippen LogP contribution in [0.4, 0.5) is 4.39 Å². The van der Waals surface area contributed by atoms with Gasteiger partial charge in [-0.05, 0) is 70.6 Å². The summed E-state index contributed by atoms with van der Waals surface area (Å²) < 4.78 is 14.6. The molecule has 2 amide bonds. The van der Waals surface area contributed by atoms with Crippen LogP contribution in [0.25, 0.3) is 10.8 Å². The van der Waals surface area contributed by atoms with Crippen molar-refractivity contribution in [3.8, 4) is 0 Å². The van der Waals surface area contributed by atoms with Crippen LogP contribution in [-0.4, -0.2) is 16.7 Å². The number of benzene rings is 4. The molecule has 0 saturated heterocycles. The molecule has 1 aliphatic carbocycles. The van der Waals surface area contributed by atoms with Gasteiger partial charge in [0.15, 0.2) is 0 Å². The van der Waals surface area contributed by atoms with E-state index in [1.165, 1.54) is 6.07 Å². The number of hydrogen-bond acceptors (Lipinski definition) is 2. The van der Waals surface area contributed by atoms with Crippen molar-refractivity contribution >= 4 is 34.2 Å². The van der Waals surface area contributed by atoms with Gasteiger partial charge in [-0.3, -0.25) is 9.59 Å². The lowest BCUT2D eigenvalue weighted by Gasteiger charge is -2.31. The fraction of sp³-hybridized carbons (Fsp3) is 0.143. The van der Waals surface area contributed by atoms with Gasteiger partial charge in [-0.2, -0.15) is 0 Å². The number of rotatable bonds is 5. The Bertz CT molecular complexity index is 1440. The molecule has 170 valence electrons. The lowest BCUT2D eigenvalue weighted by Crippen LogP contribution is -2.34. The number of amides is 2. The highest BCUT2D eigenvalue weighted by Gasteiger charge is 2.34. The van der Waals surface area contributed by atoms with Gasteiger partial charge in [-0.15, -0.1) is 0 Å². The van der Waals surface area contributed by atoms with Crippen molar-refractivity contribution in [2.75, 3.05) is 0 Å². The number of hydrogen-bond donors (Lipinski definition) is 1. The van der Waals surface area contributed by atoms with Crippen LogP contribution in [0.5, 0.6) is 0 Å². The molecule has 4 aromatic rings. The zero-order chi connectivity index (χ0) is 23.8. The summed E-state index contributed by atoms with van der Waals surface area (Å²) in [6.45, 7) is 0.156. The largest absolute Gasteiger partial charge is 0.366 e. The molecule has 5 rings (SSSR count). The molecule has 0 heterocycles. The van der Waals surface area contributed by atoms with Crippen molar-refractivity contribution in [2.24, 2.45) is 5.73 Å². The Morgan fingerprint density at radius 1 is 0.971 bits per heavy atom. The van der Waals surface area contributed by atoms with E-state index in [0.29, 0.717) is 45.7 Å². The van der Waals surface area contributed by atoms with E-state index in [2.05, 4.69) is 0 Å². The van der Waals surface area contributed by atoms with Gasteiger partial charge >= 0.3 is 0 Å². The zero-order valence-electron chi connectivity index (χ0n) is 18.3. The summed E-state index contributed by atoms with van der Waals surface area (Å²) in [4.78, 5) is 27.7. The van der Waals surface area contributed by atoms with E-state index in [1.54, 1.807) is 41.3 Å². The highest BCUT2D eigenvalue weighted by Crippen LogP contribution is 2.40. The fourth-order valence-electron chi connectivity index (χ4n) is 4.84. The van der Waals surface area contributed by atoms with Crippen LogP contribution < -0.4 is 5.73 Å². The van der Waals surface area contributed by atoms with Crippen molar-refractivity contribution in [3.05, 3.63) is 118 Å². The first-order chi connectivity index (χ1) is 16.4. The summed E-state index contributed by atoms with van der Waals surface area (Å²) in [7, 11) is 0. The van der Waals surface area contributed by atoms with E-state index in [0.717, 1.165) is 10.8 Å². The predicted octanol–water partition coefficient (Wildman–Crippen LogP) is 6.06. The molecule has 0 aromatic heterocycles. The van der Waals surface area contributed by atoms with Gasteiger partial charge in [0.05, 0.1) is 6.04 Å². The van der Waals surface area contributed by atoms with Crippen LogP contribution in [0, 0.1) is 5.82 Å². The zero-order valence-corrected chi connectivity index (χ0v) is 19.1. The maximum atomic E-state index is 14.6. The standard InChI is InChI=1S/C28H22ClFN2O2/c29-21-14-24-23(25(30)15-21)11-12-26(24)32(16-20-7-3-4-8-22(20)27(31)33)28(34)19-10-9-17-5-1-2-6-18(17)13-19/h1-10,13-15,26H,11-12,16H2,(H2,31,33)/t26-/m1/s1. The van der Waals surface area contributed by atoms with Gasteiger partial charge in [-0.1, -0.05) is 60.1 Å². The van der Waals surface area contributed by atoms with Gasteiger partial charge in [0.1, 0.15) is 5.82 Å². The van der Waals surface area contributed by atoms with Crippen LogP contribution >= 0.6 is 11.6 Å². The Balaban J connectivity index is 1.61. The molecule has 0 bridgehead atoms. The number of carbonyl (C=O) groups excluding carboxylic acids is 2. The molecule has 0 spiro atoms. The maximum Gasteiger partial charge on any atom is 0.254 e. The smallest absolute Gasteiger partial charge is 0.254 e. The van der Waals surface area contributed by atoms with Crippen molar-refractivity contribution in [1.82, 2.24) is 4.90 Å². The second-order valence-electron chi connectivity index (χ2n) is 8.53. The van der Waals surface area contributed by atoms with E-state index in [1.807, 2.05) is 36.4 Å². The number of primary amides is 1. The van der Waals surface area contributed by atoms with E-state index in [9.17, 15) is 14.0 Å². The molecule has 4 nitrogen and oxygen atoms in total. The molecule has 2 N–H and O–H groups in total. The number of nitrogens with zero attached hydrogens (tertiary/aromatic N) is 1. The van der Waals surface area contributed by atoms with Crippen molar-refractivity contribution < 1.29 is 14.0 Å².